The number of aliphatic carboxylic acids is 2. The number of aliphatic hydroxyl groups is 1. The molecule has 0 saturated carbocycles. The number of carboxylic acids is 2. The first-order valence-electron chi connectivity index (χ1n) is 11.4. The largest absolute Gasteiger partial charge is 0.481 e. The number of nitrogens with two attached hydrogens (primary N) is 1. The van der Waals surface area contributed by atoms with Crippen LogP contribution in [0.3, 0.4) is 0 Å². The molecule has 0 aromatic rings. The average Bonchev–Trinajstić information content (AvgIpc) is 2.72. The van der Waals surface area contributed by atoms with Crippen LogP contribution >= 0.6 is 0 Å². The Balaban J connectivity index is 4.51. The zero-order valence-corrected chi connectivity index (χ0v) is 18.9. The molecule has 5 N–H and O–H groups in total. The topological polar surface area (TPSA) is 121 Å². The highest BCUT2D eigenvalue weighted by atomic mass is 16.4. The van der Waals surface area contributed by atoms with Gasteiger partial charge in [-0.3, -0.25) is 9.59 Å². The van der Waals surface area contributed by atoms with Gasteiger partial charge in [0, 0.05) is 12.3 Å². The number of carbonyl (C=O) groups is 2. The lowest BCUT2D eigenvalue weighted by atomic mass is 9.91. The van der Waals surface area contributed by atoms with Crippen LogP contribution in [0.1, 0.15) is 77.6 Å². The summed E-state index contributed by atoms with van der Waals surface area (Å²) in [6.07, 6.45) is 23.5. The molecule has 0 spiro atoms. The number of unbranched alkanes of at least 4 members (excludes halogenated alkanes) is 3. The number of hydrogen-bond acceptors (Lipinski definition) is 4. The molecular formula is C25H41NO5. The monoisotopic (exact) mass is 435 g/mol. The highest BCUT2D eigenvalue weighted by molar-refractivity contribution is 5.72. The van der Waals surface area contributed by atoms with E-state index in [9.17, 15) is 14.7 Å². The lowest BCUT2D eigenvalue weighted by Gasteiger charge is -2.20. The first-order chi connectivity index (χ1) is 14.9. The molecule has 0 aliphatic carbocycles. The smallest absolute Gasteiger partial charge is 0.320 e. The van der Waals surface area contributed by atoms with E-state index < -0.39 is 24.1 Å². The van der Waals surface area contributed by atoms with Crippen molar-refractivity contribution in [1.82, 2.24) is 0 Å². The van der Waals surface area contributed by atoms with E-state index in [0.29, 0.717) is 32.1 Å². The van der Waals surface area contributed by atoms with Gasteiger partial charge in [0.05, 0.1) is 6.10 Å². The molecule has 0 saturated heterocycles. The highest BCUT2D eigenvalue weighted by Gasteiger charge is 2.18. The van der Waals surface area contributed by atoms with Crippen molar-refractivity contribution in [2.45, 2.75) is 89.7 Å². The Labute approximate surface area is 187 Å². The van der Waals surface area contributed by atoms with Crippen molar-refractivity contribution in [3.05, 3.63) is 48.6 Å². The first-order valence-corrected chi connectivity index (χ1v) is 11.4. The Bertz CT molecular complexity index is 595. The van der Waals surface area contributed by atoms with Crippen molar-refractivity contribution in [1.29, 1.82) is 0 Å². The third kappa shape index (κ3) is 18.3. The Kier molecular flexibility index (Phi) is 18.4. The summed E-state index contributed by atoms with van der Waals surface area (Å²) in [4.78, 5) is 21.5. The zero-order valence-electron chi connectivity index (χ0n) is 18.9. The highest BCUT2D eigenvalue weighted by Crippen LogP contribution is 2.20. The SMILES string of the molecule is CCCCCC=CCC=CC=CC=CC(CCCC(N)C(=O)O)C(O)CCCC(=O)O. The predicted octanol–water partition coefficient (Wildman–Crippen LogP) is 5.00. The number of rotatable bonds is 19. The first kappa shape index (κ1) is 28.8. The number of hydrogen-bond donors (Lipinski definition) is 4. The molecule has 0 aromatic carbocycles. The fourth-order valence-corrected chi connectivity index (χ4v) is 3.09. The minimum absolute atomic E-state index is 0.0229. The molecule has 6 nitrogen and oxygen atoms in total. The summed E-state index contributed by atoms with van der Waals surface area (Å²) in [5.41, 5.74) is 5.54. The maximum Gasteiger partial charge on any atom is 0.320 e. The van der Waals surface area contributed by atoms with E-state index in [4.69, 9.17) is 15.9 Å². The zero-order chi connectivity index (χ0) is 23.3. The van der Waals surface area contributed by atoms with Crippen LogP contribution in [-0.4, -0.2) is 39.4 Å². The van der Waals surface area contributed by atoms with Crippen molar-refractivity contribution in [3.63, 3.8) is 0 Å². The quantitative estimate of drug-likeness (QED) is 0.129. The third-order valence-corrected chi connectivity index (χ3v) is 5.00. The van der Waals surface area contributed by atoms with Crippen molar-refractivity contribution in [2.75, 3.05) is 0 Å². The van der Waals surface area contributed by atoms with Gasteiger partial charge in [0.2, 0.25) is 0 Å². The Morgan fingerprint density at radius 1 is 0.871 bits per heavy atom. The summed E-state index contributed by atoms with van der Waals surface area (Å²) < 4.78 is 0. The normalized spacial score (nSPS) is 15.3. The average molecular weight is 436 g/mol. The second kappa shape index (κ2) is 19.8. The number of allylic oxidation sites excluding steroid dienone is 7. The Morgan fingerprint density at radius 3 is 2.29 bits per heavy atom. The molecule has 0 aliphatic heterocycles. The summed E-state index contributed by atoms with van der Waals surface area (Å²) >= 11 is 0. The van der Waals surface area contributed by atoms with E-state index in [2.05, 4.69) is 25.2 Å². The molecule has 0 aliphatic rings. The molecule has 3 atom stereocenters. The molecule has 0 heterocycles. The lowest BCUT2D eigenvalue weighted by molar-refractivity contribution is -0.139. The molecule has 0 bridgehead atoms. The minimum atomic E-state index is -1.03. The van der Waals surface area contributed by atoms with Crippen LogP contribution in [0, 0.1) is 5.92 Å². The van der Waals surface area contributed by atoms with Crippen LogP contribution in [0.25, 0.3) is 0 Å². The molecular weight excluding hydrogens is 394 g/mol. The van der Waals surface area contributed by atoms with Gasteiger partial charge in [-0.15, -0.1) is 0 Å². The van der Waals surface area contributed by atoms with Gasteiger partial charge in [-0.2, -0.15) is 0 Å². The van der Waals surface area contributed by atoms with Crippen molar-refractivity contribution in [2.24, 2.45) is 11.7 Å². The van der Waals surface area contributed by atoms with E-state index in [1.807, 2.05) is 30.4 Å². The van der Waals surface area contributed by atoms with Crippen LogP contribution in [0.5, 0.6) is 0 Å². The summed E-state index contributed by atoms with van der Waals surface area (Å²) in [6, 6.07) is -0.903. The molecule has 0 aromatic heterocycles. The molecule has 6 heteroatoms. The van der Waals surface area contributed by atoms with Gasteiger partial charge in [-0.25, -0.2) is 0 Å². The number of carboxylic acid groups (broad SMARTS) is 2. The Morgan fingerprint density at radius 2 is 1.61 bits per heavy atom. The Hall–Kier alpha value is -2.18. The molecule has 0 fully saturated rings. The van der Waals surface area contributed by atoms with Crippen LogP contribution < -0.4 is 5.73 Å². The standard InChI is InChI=1S/C25H41NO5/c1-2-3-4-5-6-7-8-9-10-11-12-13-16-21(17-14-18-22(26)25(30)31)23(27)19-15-20-24(28)29/h6-7,9-13,16,21-23,27H,2-5,8,14-15,17-20,26H2,1H3,(H,28,29)(H,30,31). The van der Waals surface area contributed by atoms with Crippen LogP contribution in [0.4, 0.5) is 0 Å². The summed E-state index contributed by atoms with van der Waals surface area (Å²) in [5.74, 6) is -2.08. The van der Waals surface area contributed by atoms with Crippen molar-refractivity contribution >= 4 is 11.9 Å². The van der Waals surface area contributed by atoms with Gasteiger partial charge in [-0.05, 0) is 44.9 Å². The molecule has 3 unspecified atom stereocenters. The van der Waals surface area contributed by atoms with Gasteiger partial charge in [0.1, 0.15) is 6.04 Å². The summed E-state index contributed by atoms with van der Waals surface area (Å²) in [5, 5.41) is 28.1. The second-order valence-corrected chi connectivity index (χ2v) is 7.79. The van der Waals surface area contributed by atoms with Gasteiger partial charge in [-0.1, -0.05) is 74.8 Å². The van der Waals surface area contributed by atoms with Gasteiger partial charge >= 0.3 is 11.9 Å². The van der Waals surface area contributed by atoms with E-state index in [1.54, 1.807) is 0 Å². The fraction of sp³-hybridized carbons (Fsp3) is 0.600. The van der Waals surface area contributed by atoms with Gasteiger partial charge in [0.15, 0.2) is 0 Å². The molecule has 0 radical (unpaired) electrons. The maximum absolute atomic E-state index is 10.8. The van der Waals surface area contributed by atoms with Crippen molar-refractivity contribution in [3.8, 4) is 0 Å². The number of aliphatic hydroxyl groups excluding tert-OH is 1. The van der Waals surface area contributed by atoms with Crippen LogP contribution in [0.15, 0.2) is 48.6 Å². The van der Waals surface area contributed by atoms with E-state index in [0.717, 1.165) is 12.8 Å². The van der Waals surface area contributed by atoms with E-state index in [-0.39, 0.29) is 12.3 Å². The van der Waals surface area contributed by atoms with Crippen molar-refractivity contribution < 1.29 is 24.9 Å². The summed E-state index contributed by atoms with van der Waals surface area (Å²) in [7, 11) is 0. The molecule has 176 valence electrons. The lowest BCUT2D eigenvalue weighted by Crippen LogP contribution is -2.30. The van der Waals surface area contributed by atoms with Gasteiger partial charge in [0.25, 0.3) is 0 Å². The molecule has 31 heavy (non-hydrogen) atoms. The van der Waals surface area contributed by atoms with Crippen LogP contribution in [0.2, 0.25) is 0 Å². The minimum Gasteiger partial charge on any atom is -0.481 e. The van der Waals surface area contributed by atoms with Crippen LogP contribution in [-0.2, 0) is 9.59 Å². The third-order valence-electron chi connectivity index (χ3n) is 5.00. The molecule has 0 rings (SSSR count). The molecule has 0 amide bonds. The summed E-state index contributed by atoms with van der Waals surface area (Å²) in [6.45, 7) is 2.20. The second-order valence-electron chi connectivity index (χ2n) is 7.79. The maximum atomic E-state index is 10.8. The fourth-order valence-electron chi connectivity index (χ4n) is 3.09. The predicted molar refractivity (Wildman–Crippen MR) is 126 cm³/mol. The van der Waals surface area contributed by atoms with Gasteiger partial charge < -0.3 is 21.1 Å². The van der Waals surface area contributed by atoms with E-state index >= 15 is 0 Å². The van der Waals surface area contributed by atoms with E-state index in [1.165, 1.54) is 19.3 Å².